The van der Waals surface area contributed by atoms with Gasteiger partial charge in [0.1, 0.15) is 0 Å². The third-order valence-electron chi connectivity index (χ3n) is 2.99. The molecule has 0 aromatic heterocycles. The van der Waals surface area contributed by atoms with E-state index in [4.69, 9.17) is 0 Å². The van der Waals surface area contributed by atoms with Gasteiger partial charge in [0.05, 0.1) is 0 Å². The molecular formula is C10H20S. The molecule has 1 aliphatic rings. The van der Waals surface area contributed by atoms with Crippen LogP contribution in [0.1, 0.15) is 40.0 Å². The molecule has 3 atom stereocenters. The molecule has 0 spiro atoms. The highest BCUT2D eigenvalue weighted by Gasteiger charge is 2.27. The molecule has 0 nitrogen and oxygen atoms in total. The first kappa shape index (κ1) is 9.44. The van der Waals surface area contributed by atoms with Gasteiger partial charge in [-0.15, -0.1) is 0 Å². The van der Waals surface area contributed by atoms with Crippen molar-refractivity contribution in [1.82, 2.24) is 0 Å². The van der Waals surface area contributed by atoms with Gasteiger partial charge >= 0.3 is 0 Å². The van der Waals surface area contributed by atoms with E-state index in [1.54, 1.807) is 0 Å². The Balaban J connectivity index is 2.44. The second kappa shape index (κ2) is 3.84. The smallest absolute Gasteiger partial charge is 0.00500 e. The van der Waals surface area contributed by atoms with Gasteiger partial charge < -0.3 is 0 Å². The fourth-order valence-electron chi connectivity index (χ4n) is 2.15. The van der Waals surface area contributed by atoms with Gasteiger partial charge in [0, 0.05) is 5.25 Å². The number of hydrogen-bond donors (Lipinski definition) is 1. The predicted molar refractivity (Wildman–Crippen MR) is 54.1 cm³/mol. The van der Waals surface area contributed by atoms with Crippen LogP contribution in [0.5, 0.6) is 0 Å². The molecule has 1 fully saturated rings. The lowest BCUT2D eigenvalue weighted by Gasteiger charge is -2.34. The quantitative estimate of drug-likeness (QED) is 0.576. The molecule has 11 heavy (non-hydrogen) atoms. The van der Waals surface area contributed by atoms with Gasteiger partial charge in [-0.2, -0.15) is 12.6 Å². The van der Waals surface area contributed by atoms with Crippen LogP contribution in [0.4, 0.5) is 0 Å². The van der Waals surface area contributed by atoms with Crippen molar-refractivity contribution in [2.24, 2.45) is 17.8 Å². The van der Waals surface area contributed by atoms with Crippen molar-refractivity contribution in [3.05, 3.63) is 0 Å². The predicted octanol–water partition coefficient (Wildman–Crippen LogP) is 3.38. The molecule has 1 aliphatic carbocycles. The average Bonchev–Trinajstić information content (AvgIpc) is 1.85. The van der Waals surface area contributed by atoms with Crippen LogP contribution in [0.15, 0.2) is 0 Å². The molecule has 0 heterocycles. The van der Waals surface area contributed by atoms with E-state index in [-0.39, 0.29) is 0 Å². The van der Waals surface area contributed by atoms with E-state index in [1.165, 1.54) is 19.3 Å². The normalized spacial score (nSPS) is 39.5. The summed E-state index contributed by atoms with van der Waals surface area (Å²) in [5, 5.41) is 0.666. The first-order valence-corrected chi connectivity index (χ1v) is 5.31. The summed E-state index contributed by atoms with van der Waals surface area (Å²) in [5.41, 5.74) is 0. The van der Waals surface area contributed by atoms with Gasteiger partial charge in [-0.05, 0) is 30.6 Å². The summed E-state index contributed by atoms with van der Waals surface area (Å²) in [6.07, 6.45) is 4.14. The molecule has 0 radical (unpaired) electrons. The van der Waals surface area contributed by atoms with Crippen LogP contribution >= 0.6 is 12.6 Å². The summed E-state index contributed by atoms with van der Waals surface area (Å²) in [6.45, 7) is 6.99. The van der Waals surface area contributed by atoms with E-state index < -0.39 is 0 Å². The minimum Gasteiger partial charge on any atom is -0.176 e. The largest absolute Gasteiger partial charge is 0.176 e. The second-order valence-corrected chi connectivity index (χ2v) is 5.06. The van der Waals surface area contributed by atoms with Crippen LogP contribution in [-0.2, 0) is 0 Å². The standard InChI is InChI=1S/C10H20S/c1-7(2)9-5-4-8(3)6-10(9)11/h7-11H,4-6H2,1-3H3/t8?,9?,10-/m0/s1. The minimum absolute atomic E-state index is 0.666. The lowest BCUT2D eigenvalue weighted by molar-refractivity contribution is 0.245. The van der Waals surface area contributed by atoms with Crippen LogP contribution in [0.3, 0.4) is 0 Å². The van der Waals surface area contributed by atoms with Crippen molar-refractivity contribution in [1.29, 1.82) is 0 Å². The van der Waals surface area contributed by atoms with E-state index >= 15 is 0 Å². The summed E-state index contributed by atoms with van der Waals surface area (Å²) in [7, 11) is 0. The topological polar surface area (TPSA) is 0 Å². The number of rotatable bonds is 1. The highest BCUT2D eigenvalue weighted by molar-refractivity contribution is 7.81. The van der Waals surface area contributed by atoms with Gasteiger partial charge in [-0.3, -0.25) is 0 Å². The van der Waals surface area contributed by atoms with Crippen molar-refractivity contribution >= 4 is 12.6 Å². The van der Waals surface area contributed by atoms with Crippen molar-refractivity contribution in [2.45, 2.75) is 45.3 Å². The Bertz CT molecular complexity index is 120. The highest BCUT2D eigenvalue weighted by atomic mass is 32.1. The zero-order chi connectivity index (χ0) is 8.43. The maximum absolute atomic E-state index is 4.65. The Morgan fingerprint density at radius 3 is 2.36 bits per heavy atom. The van der Waals surface area contributed by atoms with Crippen molar-refractivity contribution in [2.75, 3.05) is 0 Å². The van der Waals surface area contributed by atoms with E-state index in [0.717, 1.165) is 17.8 Å². The van der Waals surface area contributed by atoms with Crippen LogP contribution in [-0.4, -0.2) is 5.25 Å². The number of thiol groups is 1. The summed E-state index contributed by atoms with van der Waals surface area (Å²) >= 11 is 4.65. The highest BCUT2D eigenvalue weighted by Crippen LogP contribution is 2.36. The molecular weight excluding hydrogens is 152 g/mol. The SMILES string of the molecule is CC1CCC(C(C)C)[C@@H](S)C1. The molecule has 0 aromatic rings. The van der Waals surface area contributed by atoms with Crippen molar-refractivity contribution in [3.8, 4) is 0 Å². The maximum Gasteiger partial charge on any atom is 0.00500 e. The molecule has 0 saturated heterocycles. The fourth-order valence-corrected chi connectivity index (χ4v) is 3.01. The first-order chi connectivity index (χ1) is 5.11. The van der Waals surface area contributed by atoms with Gasteiger partial charge in [0.2, 0.25) is 0 Å². The van der Waals surface area contributed by atoms with Gasteiger partial charge in [0.15, 0.2) is 0 Å². The van der Waals surface area contributed by atoms with Gasteiger partial charge in [0.25, 0.3) is 0 Å². The molecule has 0 aromatic carbocycles. The second-order valence-electron chi connectivity index (χ2n) is 4.39. The molecule has 1 rings (SSSR count). The summed E-state index contributed by atoms with van der Waals surface area (Å²) in [6, 6.07) is 0. The van der Waals surface area contributed by atoms with E-state index in [1.807, 2.05) is 0 Å². The molecule has 1 heteroatoms. The minimum atomic E-state index is 0.666. The molecule has 2 unspecified atom stereocenters. The summed E-state index contributed by atoms with van der Waals surface area (Å²) < 4.78 is 0. The van der Waals surface area contributed by atoms with Crippen LogP contribution in [0.25, 0.3) is 0 Å². The number of hydrogen-bond acceptors (Lipinski definition) is 1. The first-order valence-electron chi connectivity index (χ1n) is 4.79. The summed E-state index contributed by atoms with van der Waals surface area (Å²) in [4.78, 5) is 0. The van der Waals surface area contributed by atoms with E-state index in [0.29, 0.717) is 5.25 Å². The lowest BCUT2D eigenvalue weighted by atomic mass is 9.77. The molecule has 0 aliphatic heterocycles. The maximum atomic E-state index is 4.65. The van der Waals surface area contributed by atoms with E-state index in [2.05, 4.69) is 33.4 Å². The molecule has 0 bridgehead atoms. The van der Waals surface area contributed by atoms with Crippen LogP contribution in [0, 0.1) is 17.8 Å². The Morgan fingerprint density at radius 1 is 1.27 bits per heavy atom. The third kappa shape index (κ3) is 2.40. The monoisotopic (exact) mass is 172 g/mol. The average molecular weight is 172 g/mol. The Labute approximate surface area is 76.2 Å². The van der Waals surface area contributed by atoms with E-state index in [9.17, 15) is 0 Å². The molecule has 0 N–H and O–H groups in total. The van der Waals surface area contributed by atoms with Crippen molar-refractivity contribution < 1.29 is 0 Å². The van der Waals surface area contributed by atoms with Crippen LogP contribution < -0.4 is 0 Å². The molecule has 1 saturated carbocycles. The Morgan fingerprint density at radius 2 is 1.91 bits per heavy atom. The lowest BCUT2D eigenvalue weighted by Crippen LogP contribution is -2.27. The fraction of sp³-hybridized carbons (Fsp3) is 1.00. The third-order valence-corrected chi connectivity index (χ3v) is 3.58. The van der Waals surface area contributed by atoms with Crippen LogP contribution in [0.2, 0.25) is 0 Å². The van der Waals surface area contributed by atoms with Gasteiger partial charge in [-0.1, -0.05) is 27.2 Å². The van der Waals surface area contributed by atoms with Gasteiger partial charge in [-0.25, -0.2) is 0 Å². The zero-order valence-electron chi connectivity index (χ0n) is 7.88. The zero-order valence-corrected chi connectivity index (χ0v) is 8.77. The molecule has 66 valence electrons. The Hall–Kier alpha value is 0.350. The summed E-state index contributed by atoms with van der Waals surface area (Å²) in [5.74, 6) is 2.60. The Kier molecular flexibility index (Phi) is 3.29. The van der Waals surface area contributed by atoms with Crippen molar-refractivity contribution in [3.63, 3.8) is 0 Å². The molecule has 0 amide bonds.